The summed E-state index contributed by atoms with van der Waals surface area (Å²) < 4.78 is 3.12. The van der Waals surface area contributed by atoms with Gasteiger partial charge in [0.2, 0.25) is 4.77 Å². The quantitative estimate of drug-likeness (QED) is 0.540. The van der Waals surface area contributed by atoms with Crippen molar-refractivity contribution in [3.05, 3.63) is 68.9 Å². The maximum absolute atomic E-state index is 5.26. The van der Waals surface area contributed by atoms with Crippen molar-refractivity contribution in [1.82, 2.24) is 14.9 Å². The van der Waals surface area contributed by atoms with E-state index in [1.165, 1.54) is 5.56 Å². The second kappa shape index (κ2) is 6.37. The Bertz CT molecular complexity index is 860. The van der Waals surface area contributed by atoms with Gasteiger partial charge in [-0.05, 0) is 36.8 Å². The minimum atomic E-state index is 0.462. The summed E-state index contributed by atoms with van der Waals surface area (Å²) in [6, 6.07) is 16.0. The van der Waals surface area contributed by atoms with Crippen LogP contribution in [0.2, 0.25) is 0 Å². The molecular formula is C16H13BrN4S. The zero-order valence-electron chi connectivity index (χ0n) is 11.8. The fraction of sp³-hybridized carbons (Fsp3) is 0.0625. The molecule has 6 heteroatoms. The Morgan fingerprint density at radius 3 is 2.50 bits per heavy atom. The summed E-state index contributed by atoms with van der Waals surface area (Å²) in [4.78, 5) is 0. The zero-order chi connectivity index (χ0) is 15.5. The Morgan fingerprint density at radius 2 is 1.82 bits per heavy atom. The normalized spacial score (nSPS) is 11.2. The molecule has 3 rings (SSSR count). The number of hydrogen-bond acceptors (Lipinski definition) is 3. The predicted molar refractivity (Wildman–Crippen MR) is 94.7 cm³/mol. The number of rotatable bonds is 3. The molecule has 0 radical (unpaired) electrons. The first-order valence-electron chi connectivity index (χ1n) is 6.68. The van der Waals surface area contributed by atoms with E-state index in [9.17, 15) is 0 Å². The van der Waals surface area contributed by atoms with E-state index < -0.39 is 0 Å². The smallest absolute Gasteiger partial charge is 0.216 e. The van der Waals surface area contributed by atoms with Crippen LogP contribution in [0.3, 0.4) is 0 Å². The summed E-state index contributed by atoms with van der Waals surface area (Å²) in [6.07, 6.45) is 1.76. The minimum absolute atomic E-state index is 0.462. The maximum Gasteiger partial charge on any atom is 0.216 e. The van der Waals surface area contributed by atoms with Gasteiger partial charge in [0.25, 0.3) is 0 Å². The van der Waals surface area contributed by atoms with Crippen molar-refractivity contribution >= 4 is 34.4 Å². The highest BCUT2D eigenvalue weighted by molar-refractivity contribution is 9.10. The molecule has 0 aliphatic carbocycles. The van der Waals surface area contributed by atoms with Crippen molar-refractivity contribution in [3.8, 4) is 11.4 Å². The van der Waals surface area contributed by atoms with Crippen LogP contribution in [0.15, 0.2) is 58.1 Å². The molecule has 0 aliphatic heterocycles. The van der Waals surface area contributed by atoms with E-state index in [1.54, 1.807) is 10.9 Å². The average Bonchev–Trinajstić information content (AvgIpc) is 2.89. The second-order valence-corrected chi connectivity index (χ2v) is 6.13. The molecule has 2 aromatic carbocycles. The lowest BCUT2D eigenvalue weighted by atomic mass is 10.1. The molecule has 0 saturated carbocycles. The van der Waals surface area contributed by atoms with Crippen LogP contribution in [0.4, 0.5) is 0 Å². The molecule has 0 fully saturated rings. The van der Waals surface area contributed by atoms with Gasteiger partial charge in [-0.1, -0.05) is 57.9 Å². The molecule has 0 spiro atoms. The summed E-state index contributed by atoms with van der Waals surface area (Å²) in [7, 11) is 0. The summed E-state index contributed by atoms with van der Waals surface area (Å²) in [5, 5.41) is 11.5. The van der Waals surface area contributed by atoms with Crippen LogP contribution in [0.25, 0.3) is 11.4 Å². The lowest BCUT2D eigenvalue weighted by Gasteiger charge is -2.01. The molecule has 1 heterocycles. The van der Waals surface area contributed by atoms with Crippen LogP contribution in [0.5, 0.6) is 0 Å². The number of nitrogens with one attached hydrogen (secondary N) is 1. The van der Waals surface area contributed by atoms with Crippen LogP contribution in [0, 0.1) is 11.7 Å². The lowest BCUT2D eigenvalue weighted by Crippen LogP contribution is -1.95. The molecular weight excluding hydrogens is 360 g/mol. The highest BCUT2D eigenvalue weighted by Gasteiger charge is 2.07. The molecule has 4 nitrogen and oxygen atoms in total. The van der Waals surface area contributed by atoms with Gasteiger partial charge >= 0.3 is 0 Å². The van der Waals surface area contributed by atoms with Gasteiger partial charge < -0.3 is 0 Å². The average molecular weight is 373 g/mol. The first kappa shape index (κ1) is 14.9. The molecule has 0 bridgehead atoms. The van der Waals surface area contributed by atoms with Gasteiger partial charge in [0.1, 0.15) is 0 Å². The monoisotopic (exact) mass is 372 g/mol. The van der Waals surface area contributed by atoms with Crippen molar-refractivity contribution < 1.29 is 0 Å². The van der Waals surface area contributed by atoms with Crippen LogP contribution in [-0.2, 0) is 0 Å². The Hall–Kier alpha value is -2.05. The number of aromatic amines is 1. The molecule has 1 N–H and O–H groups in total. The van der Waals surface area contributed by atoms with Gasteiger partial charge in [0.05, 0.1) is 6.21 Å². The first-order chi connectivity index (χ1) is 10.6. The van der Waals surface area contributed by atoms with Gasteiger partial charge in [0, 0.05) is 10.0 Å². The van der Waals surface area contributed by atoms with Gasteiger partial charge in [-0.25, -0.2) is 5.10 Å². The van der Waals surface area contributed by atoms with Gasteiger partial charge in [-0.3, -0.25) is 0 Å². The van der Waals surface area contributed by atoms with Crippen molar-refractivity contribution in [2.24, 2.45) is 5.10 Å². The van der Waals surface area contributed by atoms with Crippen molar-refractivity contribution in [1.29, 1.82) is 0 Å². The Labute approximate surface area is 141 Å². The number of aromatic nitrogens is 3. The van der Waals surface area contributed by atoms with Crippen molar-refractivity contribution in [3.63, 3.8) is 0 Å². The fourth-order valence-electron chi connectivity index (χ4n) is 1.96. The van der Waals surface area contributed by atoms with E-state index in [4.69, 9.17) is 12.2 Å². The lowest BCUT2D eigenvalue weighted by molar-refractivity contribution is 0.871. The van der Waals surface area contributed by atoms with E-state index >= 15 is 0 Å². The standard InChI is InChI=1S/C16H13BrN4S/c1-11-2-6-13(7-3-11)15-19-20-16(22)21(15)18-10-12-4-8-14(17)9-5-12/h2-10H,1H3,(H,20,22)/b18-10-. The molecule has 0 saturated heterocycles. The third kappa shape index (κ3) is 3.23. The Balaban J connectivity index is 1.97. The second-order valence-electron chi connectivity index (χ2n) is 4.83. The summed E-state index contributed by atoms with van der Waals surface area (Å²) >= 11 is 8.67. The van der Waals surface area contributed by atoms with Gasteiger partial charge in [-0.2, -0.15) is 14.9 Å². The molecule has 0 atom stereocenters. The van der Waals surface area contributed by atoms with E-state index in [-0.39, 0.29) is 0 Å². The number of hydrogen-bond donors (Lipinski definition) is 1. The number of H-pyrrole nitrogens is 1. The van der Waals surface area contributed by atoms with Crippen molar-refractivity contribution in [2.45, 2.75) is 6.92 Å². The third-order valence-corrected chi connectivity index (χ3v) is 3.95. The van der Waals surface area contributed by atoms with Gasteiger partial charge in [0.15, 0.2) is 5.82 Å². The summed E-state index contributed by atoms with van der Waals surface area (Å²) in [5.74, 6) is 0.693. The Kier molecular flexibility index (Phi) is 4.31. The number of benzene rings is 2. The maximum atomic E-state index is 5.26. The number of nitrogens with zero attached hydrogens (tertiary/aromatic N) is 3. The fourth-order valence-corrected chi connectivity index (χ4v) is 2.41. The van der Waals surface area contributed by atoms with E-state index in [0.717, 1.165) is 15.6 Å². The molecule has 22 heavy (non-hydrogen) atoms. The largest absolute Gasteiger partial charge is 0.250 e. The number of aryl methyl sites for hydroxylation is 1. The first-order valence-corrected chi connectivity index (χ1v) is 7.88. The van der Waals surface area contributed by atoms with Gasteiger partial charge in [-0.15, -0.1) is 0 Å². The topological polar surface area (TPSA) is 46.0 Å². The summed E-state index contributed by atoms with van der Waals surface area (Å²) in [6.45, 7) is 2.05. The molecule has 0 amide bonds. The Morgan fingerprint density at radius 1 is 1.14 bits per heavy atom. The van der Waals surface area contributed by atoms with Crippen LogP contribution < -0.4 is 0 Å². The predicted octanol–water partition coefficient (Wildman–Crippen LogP) is 4.56. The summed E-state index contributed by atoms with van der Waals surface area (Å²) in [5.41, 5.74) is 3.15. The molecule has 110 valence electrons. The van der Waals surface area contributed by atoms with E-state index in [2.05, 4.69) is 31.2 Å². The molecule has 0 unspecified atom stereocenters. The molecule has 3 aromatic rings. The highest BCUT2D eigenvalue weighted by Crippen LogP contribution is 2.18. The van der Waals surface area contributed by atoms with Crippen LogP contribution in [-0.4, -0.2) is 21.1 Å². The van der Waals surface area contributed by atoms with Crippen LogP contribution in [0.1, 0.15) is 11.1 Å². The van der Waals surface area contributed by atoms with E-state index in [0.29, 0.717) is 10.6 Å². The third-order valence-electron chi connectivity index (χ3n) is 3.15. The number of halogens is 1. The SMILES string of the molecule is Cc1ccc(-c2n[nH]c(=S)n2/N=C\c2ccc(Br)cc2)cc1. The molecule has 0 aliphatic rings. The minimum Gasteiger partial charge on any atom is -0.250 e. The zero-order valence-corrected chi connectivity index (χ0v) is 14.2. The molecule has 1 aromatic heterocycles. The van der Waals surface area contributed by atoms with E-state index in [1.807, 2.05) is 55.5 Å². The highest BCUT2D eigenvalue weighted by atomic mass is 79.9. The van der Waals surface area contributed by atoms with Crippen molar-refractivity contribution in [2.75, 3.05) is 0 Å². The van der Waals surface area contributed by atoms with Crippen LogP contribution >= 0.6 is 28.1 Å².